The minimum Gasteiger partial charge on any atom is -0.497 e. The summed E-state index contributed by atoms with van der Waals surface area (Å²) in [5.74, 6) is 0.350. The predicted molar refractivity (Wildman–Crippen MR) is 154 cm³/mol. The molecule has 1 aliphatic carbocycles. The molecule has 0 aromatic heterocycles. The van der Waals surface area contributed by atoms with Crippen LogP contribution in [0.1, 0.15) is 70.6 Å². The second-order valence-electron chi connectivity index (χ2n) is 11.1. The molecule has 1 aromatic rings. The van der Waals surface area contributed by atoms with Crippen LogP contribution in [0.2, 0.25) is 0 Å². The third-order valence-electron chi connectivity index (χ3n) is 7.81. The Morgan fingerprint density at radius 1 is 1.00 bits per heavy atom. The van der Waals surface area contributed by atoms with E-state index in [9.17, 15) is 9.59 Å². The molecule has 0 radical (unpaired) electrons. The van der Waals surface area contributed by atoms with Gasteiger partial charge in [0.05, 0.1) is 31.8 Å². The minimum atomic E-state index is -0.806. The highest BCUT2D eigenvalue weighted by molar-refractivity contribution is 5.85. The Kier molecular flexibility index (Phi) is 13.6. The van der Waals surface area contributed by atoms with Gasteiger partial charge in [-0.1, -0.05) is 12.2 Å². The molecular formula is C32H46O10. The van der Waals surface area contributed by atoms with Crippen LogP contribution in [0.3, 0.4) is 0 Å². The summed E-state index contributed by atoms with van der Waals surface area (Å²) < 4.78 is 42.0. The number of ketones is 1. The highest BCUT2D eigenvalue weighted by atomic mass is 16.7. The fraction of sp³-hybridized carbons (Fsp3) is 0.688. The zero-order chi connectivity index (χ0) is 29.6. The van der Waals surface area contributed by atoms with Gasteiger partial charge in [0.2, 0.25) is 0 Å². The summed E-state index contributed by atoms with van der Waals surface area (Å²) in [6.45, 7) is 1.77. The Bertz CT molecular complexity index is 968. The number of carboxylic acid groups (broad SMARTS) is 1. The lowest BCUT2D eigenvalue weighted by molar-refractivity contribution is -0.226. The highest BCUT2D eigenvalue weighted by Gasteiger charge is 2.45. The van der Waals surface area contributed by atoms with E-state index in [-0.39, 0.29) is 50.3 Å². The number of allylic oxidation sites excluding steroid dienone is 2. The van der Waals surface area contributed by atoms with Crippen LogP contribution < -0.4 is 9.47 Å². The van der Waals surface area contributed by atoms with Gasteiger partial charge in [0.15, 0.2) is 12.6 Å². The van der Waals surface area contributed by atoms with Gasteiger partial charge in [0.1, 0.15) is 30.0 Å². The summed E-state index contributed by atoms with van der Waals surface area (Å²) in [5.41, 5.74) is 0. The first kappa shape index (κ1) is 32.4. The number of carboxylic acids is 1. The first-order valence-corrected chi connectivity index (χ1v) is 15.3. The number of ether oxygens (including phenoxy) is 7. The van der Waals surface area contributed by atoms with Crippen molar-refractivity contribution in [1.29, 1.82) is 0 Å². The fourth-order valence-corrected chi connectivity index (χ4v) is 5.51. The number of unbranched alkanes of at least 4 members (excludes halogenated alkanes) is 1. The standard InChI is InChI=1S/C32H46O10/c1-36-23-14-16-24(17-15-23)39-21-25(41-30-12-6-8-18-37-30)22-40-32-26(10-4-2-3-5-11-29(34)35)27(33)20-28(32)42-31-13-7-9-19-38-31/h2,4,14-17,25-26,28,30-32H,3,5-13,18-22H2,1H3,(H,34,35). The second-order valence-corrected chi connectivity index (χ2v) is 11.1. The molecule has 2 saturated heterocycles. The molecule has 6 atom stereocenters. The molecule has 0 spiro atoms. The zero-order valence-electron chi connectivity index (χ0n) is 24.7. The van der Waals surface area contributed by atoms with E-state index in [1.807, 2.05) is 36.4 Å². The molecule has 1 aromatic carbocycles. The summed E-state index contributed by atoms with van der Waals surface area (Å²) in [7, 11) is 1.62. The Hall–Kier alpha value is -2.50. The molecule has 2 heterocycles. The molecule has 3 fully saturated rings. The lowest BCUT2D eigenvalue weighted by atomic mass is 9.99. The Balaban J connectivity index is 1.40. The van der Waals surface area contributed by atoms with E-state index in [4.69, 9.17) is 38.3 Å². The van der Waals surface area contributed by atoms with E-state index < -0.39 is 24.3 Å². The van der Waals surface area contributed by atoms with Gasteiger partial charge in [0, 0.05) is 26.1 Å². The molecule has 42 heavy (non-hydrogen) atoms. The van der Waals surface area contributed by atoms with Gasteiger partial charge in [-0.15, -0.1) is 0 Å². The summed E-state index contributed by atoms with van der Waals surface area (Å²) >= 11 is 0. The smallest absolute Gasteiger partial charge is 0.303 e. The number of methoxy groups -OCH3 is 1. The normalized spacial score (nSPS) is 27.3. The van der Waals surface area contributed by atoms with E-state index in [0.29, 0.717) is 38.2 Å². The maximum Gasteiger partial charge on any atom is 0.303 e. The van der Waals surface area contributed by atoms with Crippen molar-refractivity contribution in [3.8, 4) is 11.5 Å². The van der Waals surface area contributed by atoms with Gasteiger partial charge < -0.3 is 38.3 Å². The van der Waals surface area contributed by atoms with Gasteiger partial charge >= 0.3 is 5.97 Å². The molecule has 234 valence electrons. The lowest BCUT2D eigenvalue weighted by Gasteiger charge is -2.32. The number of aliphatic carboxylic acids is 1. The van der Waals surface area contributed by atoms with Crippen molar-refractivity contribution >= 4 is 11.8 Å². The second kappa shape index (κ2) is 17.6. The van der Waals surface area contributed by atoms with Gasteiger partial charge in [-0.25, -0.2) is 0 Å². The average Bonchev–Trinajstić information content (AvgIpc) is 3.30. The molecule has 0 bridgehead atoms. The number of carbonyl (C=O) groups is 2. The topological polar surface area (TPSA) is 119 Å². The van der Waals surface area contributed by atoms with E-state index in [1.54, 1.807) is 7.11 Å². The van der Waals surface area contributed by atoms with E-state index in [0.717, 1.165) is 44.3 Å². The van der Waals surface area contributed by atoms with Crippen LogP contribution in [0.25, 0.3) is 0 Å². The lowest BCUT2D eigenvalue weighted by Crippen LogP contribution is -2.40. The van der Waals surface area contributed by atoms with Crippen molar-refractivity contribution in [2.45, 2.75) is 102 Å². The molecule has 3 aliphatic rings. The van der Waals surface area contributed by atoms with E-state index >= 15 is 0 Å². The molecule has 1 N–H and O–H groups in total. The molecular weight excluding hydrogens is 544 g/mol. The zero-order valence-corrected chi connectivity index (χ0v) is 24.7. The monoisotopic (exact) mass is 590 g/mol. The van der Waals surface area contributed by atoms with Crippen LogP contribution in [-0.2, 0) is 33.3 Å². The highest BCUT2D eigenvalue weighted by Crippen LogP contribution is 2.33. The minimum absolute atomic E-state index is 0.0959. The summed E-state index contributed by atoms with van der Waals surface area (Å²) in [6.07, 6.45) is 9.71. The molecule has 1 saturated carbocycles. The van der Waals surface area contributed by atoms with Crippen molar-refractivity contribution in [2.24, 2.45) is 5.92 Å². The maximum atomic E-state index is 13.2. The number of rotatable bonds is 17. The number of benzene rings is 1. The molecule has 10 nitrogen and oxygen atoms in total. The van der Waals surface area contributed by atoms with Crippen LogP contribution in [0.4, 0.5) is 0 Å². The predicted octanol–water partition coefficient (Wildman–Crippen LogP) is 5.07. The van der Waals surface area contributed by atoms with Crippen LogP contribution in [0.15, 0.2) is 36.4 Å². The Morgan fingerprint density at radius 2 is 1.71 bits per heavy atom. The molecule has 10 heteroatoms. The molecule has 4 rings (SSSR count). The van der Waals surface area contributed by atoms with Crippen molar-refractivity contribution in [1.82, 2.24) is 0 Å². The fourth-order valence-electron chi connectivity index (χ4n) is 5.51. The first-order valence-electron chi connectivity index (χ1n) is 15.3. The largest absolute Gasteiger partial charge is 0.497 e. The van der Waals surface area contributed by atoms with E-state index in [2.05, 4.69) is 0 Å². The number of hydrogen-bond donors (Lipinski definition) is 1. The van der Waals surface area contributed by atoms with Gasteiger partial charge in [-0.05, 0) is 82.1 Å². The third kappa shape index (κ3) is 10.6. The maximum absolute atomic E-state index is 13.2. The van der Waals surface area contributed by atoms with Gasteiger partial charge in [0.25, 0.3) is 0 Å². The Labute approximate surface area is 248 Å². The molecule has 0 amide bonds. The van der Waals surface area contributed by atoms with Crippen molar-refractivity contribution in [3.05, 3.63) is 36.4 Å². The third-order valence-corrected chi connectivity index (χ3v) is 7.81. The van der Waals surface area contributed by atoms with Gasteiger partial charge in [-0.2, -0.15) is 0 Å². The number of carbonyl (C=O) groups excluding carboxylic acids is 1. The molecule has 6 unspecified atom stereocenters. The Morgan fingerprint density at radius 3 is 2.38 bits per heavy atom. The van der Waals surface area contributed by atoms with Crippen LogP contribution in [0, 0.1) is 5.92 Å². The average molecular weight is 591 g/mol. The first-order chi connectivity index (χ1) is 20.5. The quantitative estimate of drug-likeness (QED) is 0.194. The number of hydrogen-bond acceptors (Lipinski definition) is 9. The van der Waals surface area contributed by atoms with Crippen LogP contribution in [-0.4, -0.2) is 81.3 Å². The molecule has 2 aliphatic heterocycles. The SMILES string of the molecule is COc1ccc(OCC(COC2C(OC3CCCCO3)CC(=O)C2CC=CCCCC(=O)O)OC2CCCCO2)cc1. The van der Waals surface area contributed by atoms with Crippen LogP contribution in [0.5, 0.6) is 11.5 Å². The van der Waals surface area contributed by atoms with E-state index in [1.165, 1.54) is 0 Å². The summed E-state index contributed by atoms with van der Waals surface area (Å²) in [6, 6.07) is 7.36. The van der Waals surface area contributed by atoms with Gasteiger partial charge in [-0.3, -0.25) is 9.59 Å². The summed E-state index contributed by atoms with van der Waals surface area (Å²) in [5, 5.41) is 8.87. The number of Topliss-reactive ketones (excluding diaryl/α,β-unsaturated/α-hetero) is 1. The summed E-state index contributed by atoms with van der Waals surface area (Å²) in [4.78, 5) is 24.0. The van der Waals surface area contributed by atoms with Crippen molar-refractivity contribution < 1.29 is 47.9 Å². The van der Waals surface area contributed by atoms with Crippen molar-refractivity contribution in [3.63, 3.8) is 0 Å². The van der Waals surface area contributed by atoms with Crippen molar-refractivity contribution in [2.75, 3.05) is 33.5 Å². The van der Waals surface area contributed by atoms with Crippen LogP contribution >= 0.6 is 0 Å².